The second-order valence-corrected chi connectivity index (χ2v) is 5.98. The summed E-state index contributed by atoms with van der Waals surface area (Å²) in [7, 11) is 0. The summed E-state index contributed by atoms with van der Waals surface area (Å²) in [5.74, 6) is 2.05. The zero-order valence-corrected chi connectivity index (χ0v) is 13.2. The summed E-state index contributed by atoms with van der Waals surface area (Å²) in [5, 5.41) is 3.61. The smallest absolute Gasteiger partial charge is 0.195 e. The number of hydrogen-bond donors (Lipinski definition) is 1. The number of hydrogen-bond acceptors (Lipinski definition) is 4. The zero-order chi connectivity index (χ0) is 14.5. The highest BCUT2D eigenvalue weighted by atomic mass is 16.5. The molecule has 4 heteroatoms. The Labute approximate surface area is 122 Å². The van der Waals surface area contributed by atoms with E-state index in [0.29, 0.717) is 12.1 Å². The van der Waals surface area contributed by atoms with E-state index in [1.54, 1.807) is 0 Å². The van der Waals surface area contributed by atoms with Crippen LogP contribution in [0.3, 0.4) is 0 Å². The lowest BCUT2D eigenvalue weighted by molar-refractivity contribution is 0.0768. The largest absolute Gasteiger partial charge is 0.446 e. The molecule has 114 valence electrons. The van der Waals surface area contributed by atoms with E-state index in [1.165, 1.54) is 12.0 Å². The van der Waals surface area contributed by atoms with Crippen LogP contribution in [0.4, 0.5) is 5.88 Å². The molecular weight excluding hydrogens is 252 g/mol. The quantitative estimate of drug-likeness (QED) is 0.779. The van der Waals surface area contributed by atoms with Gasteiger partial charge in [-0.15, -0.1) is 0 Å². The first-order valence-corrected chi connectivity index (χ1v) is 7.73. The van der Waals surface area contributed by atoms with Crippen molar-refractivity contribution in [2.24, 2.45) is 0 Å². The third kappa shape index (κ3) is 4.25. The minimum absolute atomic E-state index is 0.336. The Hall–Kier alpha value is -1.00. The number of furan rings is 1. The van der Waals surface area contributed by atoms with Crippen molar-refractivity contribution in [1.82, 2.24) is 5.32 Å². The lowest BCUT2D eigenvalue weighted by Crippen LogP contribution is -2.33. The summed E-state index contributed by atoms with van der Waals surface area (Å²) in [6, 6.07) is 2.72. The third-order valence-corrected chi connectivity index (χ3v) is 3.86. The van der Waals surface area contributed by atoms with E-state index in [9.17, 15) is 0 Å². The maximum atomic E-state index is 5.79. The SMILES string of the molecule is Cc1cc(N2CCC(NCCCOC(C)C)C2)oc1C. The molecule has 20 heavy (non-hydrogen) atoms. The fraction of sp³-hybridized carbons (Fsp3) is 0.750. The van der Waals surface area contributed by atoms with Gasteiger partial charge in [-0.1, -0.05) is 0 Å². The molecule has 1 aromatic rings. The Bertz CT molecular complexity index is 395. The van der Waals surface area contributed by atoms with E-state index in [1.807, 2.05) is 6.92 Å². The predicted octanol–water partition coefficient (Wildman–Crippen LogP) is 2.88. The molecule has 0 aromatic carbocycles. The first-order valence-electron chi connectivity index (χ1n) is 7.73. The number of anilines is 1. The molecule has 1 unspecified atom stereocenters. The minimum atomic E-state index is 0.336. The molecule has 0 amide bonds. The van der Waals surface area contributed by atoms with Crippen LogP contribution >= 0.6 is 0 Å². The number of ether oxygens (including phenoxy) is 1. The molecule has 1 fully saturated rings. The molecule has 0 aliphatic carbocycles. The second-order valence-electron chi connectivity index (χ2n) is 5.98. The average Bonchev–Trinajstić information content (AvgIpc) is 2.97. The molecule has 1 N–H and O–H groups in total. The molecule has 2 rings (SSSR count). The first kappa shape index (κ1) is 15.4. The van der Waals surface area contributed by atoms with Crippen molar-refractivity contribution >= 4 is 5.88 Å². The second kappa shape index (κ2) is 7.14. The van der Waals surface area contributed by atoms with Crippen LogP contribution in [0.15, 0.2) is 10.5 Å². The summed E-state index contributed by atoms with van der Waals surface area (Å²) >= 11 is 0. The summed E-state index contributed by atoms with van der Waals surface area (Å²) in [6.45, 7) is 12.3. The van der Waals surface area contributed by atoms with Crippen LogP contribution in [0, 0.1) is 13.8 Å². The fourth-order valence-corrected chi connectivity index (χ4v) is 2.53. The van der Waals surface area contributed by atoms with Crippen molar-refractivity contribution in [3.8, 4) is 0 Å². The average molecular weight is 280 g/mol. The molecule has 1 aliphatic rings. The van der Waals surface area contributed by atoms with Gasteiger partial charge in [0.25, 0.3) is 0 Å². The Morgan fingerprint density at radius 2 is 2.25 bits per heavy atom. The van der Waals surface area contributed by atoms with Gasteiger partial charge in [-0.05, 0) is 52.6 Å². The van der Waals surface area contributed by atoms with Crippen LogP contribution in [0.25, 0.3) is 0 Å². The van der Waals surface area contributed by atoms with Crippen LogP contribution in [0.5, 0.6) is 0 Å². The van der Waals surface area contributed by atoms with Crippen LogP contribution in [0.1, 0.15) is 38.0 Å². The standard InChI is InChI=1S/C16H28N2O2/c1-12(2)19-9-5-7-17-15-6-8-18(11-15)16-10-13(3)14(4)20-16/h10,12,15,17H,5-9,11H2,1-4H3. The molecule has 4 nitrogen and oxygen atoms in total. The van der Waals surface area contributed by atoms with Crippen LogP contribution < -0.4 is 10.2 Å². The van der Waals surface area contributed by atoms with Crippen LogP contribution in [0.2, 0.25) is 0 Å². The molecule has 1 aromatic heterocycles. The Kier molecular flexibility index (Phi) is 5.49. The summed E-state index contributed by atoms with van der Waals surface area (Å²) in [4.78, 5) is 2.34. The molecule has 0 bridgehead atoms. The Morgan fingerprint density at radius 3 is 2.90 bits per heavy atom. The van der Waals surface area contributed by atoms with E-state index in [2.05, 4.69) is 37.1 Å². The van der Waals surface area contributed by atoms with E-state index in [-0.39, 0.29) is 0 Å². The molecule has 0 spiro atoms. The predicted molar refractivity (Wildman–Crippen MR) is 82.5 cm³/mol. The number of nitrogens with zero attached hydrogens (tertiary/aromatic N) is 1. The van der Waals surface area contributed by atoms with Crippen molar-refractivity contribution in [2.75, 3.05) is 31.1 Å². The van der Waals surface area contributed by atoms with Gasteiger partial charge < -0.3 is 19.4 Å². The van der Waals surface area contributed by atoms with Crippen molar-refractivity contribution in [3.05, 3.63) is 17.4 Å². The highest BCUT2D eigenvalue weighted by molar-refractivity contribution is 5.42. The van der Waals surface area contributed by atoms with Gasteiger partial charge in [-0.25, -0.2) is 0 Å². The van der Waals surface area contributed by atoms with E-state index in [4.69, 9.17) is 9.15 Å². The Balaban J connectivity index is 1.67. The zero-order valence-electron chi connectivity index (χ0n) is 13.2. The van der Waals surface area contributed by atoms with Crippen molar-refractivity contribution in [3.63, 3.8) is 0 Å². The minimum Gasteiger partial charge on any atom is -0.446 e. The molecule has 2 heterocycles. The van der Waals surface area contributed by atoms with E-state index in [0.717, 1.165) is 44.3 Å². The van der Waals surface area contributed by atoms with E-state index >= 15 is 0 Å². The van der Waals surface area contributed by atoms with Gasteiger partial charge in [0, 0.05) is 31.8 Å². The molecular formula is C16H28N2O2. The normalized spacial score (nSPS) is 19.2. The molecule has 1 atom stereocenters. The van der Waals surface area contributed by atoms with Gasteiger partial charge >= 0.3 is 0 Å². The lowest BCUT2D eigenvalue weighted by atomic mass is 10.2. The van der Waals surface area contributed by atoms with Crippen LogP contribution in [-0.4, -0.2) is 38.4 Å². The Morgan fingerprint density at radius 1 is 1.45 bits per heavy atom. The van der Waals surface area contributed by atoms with Crippen molar-refractivity contribution in [2.45, 2.75) is 52.7 Å². The van der Waals surface area contributed by atoms with Crippen LogP contribution in [-0.2, 0) is 4.74 Å². The fourth-order valence-electron chi connectivity index (χ4n) is 2.53. The molecule has 1 saturated heterocycles. The molecule has 1 aliphatic heterocycles. The van der Waals surface area contributed by atoms with Crippen molar-refractivity contribution < 1.29 is 9.15 Å². The topological polar surface area (TPSA) is 37.6 Å². The maximum Gasteiger partial charge on any atom is 0.195 e. The van der Waals surface area contributed by atoms with Gasteiger partial charge in [0.15, 0.2) is 5.88 Å². The number of nitrogens with one attached hydrogen (secondary N) is 1. The van der Waals surface area contributed by atoms with E-state index < -0.39 is 0 Å². The van der Waals surface area contributed by atoms with Gasteiger partial charge in [-0.2, -0.15) is 0 Å². The van der Waals surface area contributed by atoms with Crippen molar-refractivity contribution in [1.29, 1.82) is 0 Å². The first-order chi connectivity index (χ1) is 9.56. The molecule has 0 saturated carbocycles. The summed E-state index contributed by atoms with van der Waals surface area (Å²) < 4.78 is 11.3. The van der Waals surface area contributed by atoms with Gasteiger partial charge in [0.2, 0.25) is 0 Å². The lowest BCUT2D eigenvalue weighted by Gasteiger charge is -2.16. The monoisotopic (exact) mass is 280 g/mol. The third-order valence-electron chi connectivity index (χ3n) is 3.86. The molecule has 0 radical (unpaired) electrons. The highest BCUT2D eigenvalue weighted by Crippen LogP contribution is 2.25. The maximum absolute atomic E-state index is 5.79. The summed E-state index contributed by atoms with van der Waals surface area (Å²) in [6.07, 6.45) is 2.60. The number of aryl methyl sites for hydroxylation is 2. The van der Waals surface area contributed by atoms with Gasteiger partial charge in [-0.3, -0.25) is 0 Å². The summed E-state index contributed by atoms with van der Waals surface area (Å²) in [5.41, 5.74) is 1.24. The van der Waals surface area contributed by atoms with Gasteiger partial charge in [0.05, 0.1) is 6.10 Å². The highest BCUT2D eigenvalue weighted by Gasteiger charge is 2.24. The van der Waals surface area contributed by atoms with Gasteiger partial charge in [0.1, 0.15) is 5.76 Å². The number of rotatable bonds is 7.